The average molecular weight is 266 g/mol. The highest BCUT2D eigenvalue weighted by Crippen LogP contribution is 2.24. The van der Waals surface area contributed by atoms with Gasteiger partial charge in [-0.2, -0.15) is 5.10 Å². The SMILES string of the molecule is CCc1[nH]nc(C(=O)NC2CCCCC2CO)c1N. The highest BCUT2D eigenvalue weighted by atomic mass is 16.3. The lowest BCUT2D eigenvalue weighted by molar-refractivity contribution is 0.0868. The van der Waals surface area contributed by atoms with E-state index in [1.54, 1.807) is 0 Å². The Morgan fingerprint density at radius 1 is 1.53 bits per heavy atom. The molecule has 0 radical (unpaired) electrons. The van der Waals surface area contributed by atoms with Crippen LogP contribution in [0.3, 0.4) is 0 Å². The molecule has 1 saturated carbocycles. The molecule has 0 bridgehead atoms. The summed E-state index contributed by atoms with van der Waals surface area (Å²) in [6, 6.07) is 0.0208. The minimum absolute atomic E-state index is 0.0208. The van der Waals surface area contributed by atoms with Crippen molar-refractivity contribution >= 4 is 11.6 Å². The van der Waals surface area contributed by atoms with Gasteiger partial charge in [0.1, 0.15) is 0 Å². The Morgan fingerprint density at radius 2 is 2.26 bits per heavy atom. The van der Waals surface area contributed by atoms with Crippen LogP contribution in [0, 0.1) is 5.92 Å². The Labute approximate surface area is 112 Å². The number of amides is 1. The number of aryl methyl sites for hydroxylation is 1. The zero-order valence-electron chi connectivity index (χ0n) is 11.3. The number of hydrogen-bond donors (Lipinski definition) is 4. The zero-order valence-corrected chi connectivity index (χ0v) is 11.3. The second-order valence-electron chi connectivity index (χ2n) is 5.13. The first-order valence-corrected chi connectivity index (χ1v) is 6.91. The van der Waals surface area contributed by atoms with Crippen LogP contribution < -0.4 is 11.1 Å². The fourth-order valence-corrected chi connectivity index (χ4v) is 2.68. The molecule has 2 unspecified atom stereocenters. The Kier molecular flexibility index (Phi) is 4.42. The number of carbonyl (C=O) groups excluding carboxylic acids is 1. The maximum absolute atomic E-state index is 12.2. The molecule has 106 valence electrons. The molecular weight excluding hydrogens is 244 g/mol. The van der Waals surface area contributed by atoms with E-state index >= 15 is 0 Å². The summed E-state index contributed by atoms with van der Waals surface area (Å²) in [6.45, 7) is 2.07. The van der Waals surface area contributed by atoms with E-state index in [2.05, 4.69) is 15.5 Å². The molecule has 1 heterocycles. The molecule has 0 aliphatic heterocycles. The number of H-pyrrole nitrogens is 1. The minimum Gasteiger partial charge on any atom is -0.396 e. The van der Waals surface area contributed by atoms with E-state index in [1.165, 1.54) is 0 Å². The van der Waals surface area contributed by atoms with Crippen LogP contribution in [0.15, 0.2) is 0 Å². The first-order valence-electron chi connectivity index (χ1n) is 6.91. The van der Waals surface area contributed by atoms with Crippen molar-refractivity contribution in [3.05, 3.63) is 11.4 Å². The molecule has 2 rings (SSSR count). The van der Waals surface area contributed by atoms with Crippen molar-refractivity contribution in [1.82, 2.24) is 15.5 Å². The number of aromatic amines is 1. The van der Waals surface area contributed by atoms with Gasteiger partial charge in [-0.15, -0.1) is 0 Å². The molecule has 0 saturated heterocycles. The van der Waals surface area contributed by atoms with Gasteiger partial charge in [-0.3, -0.25) is 9.89 Å². The molecule has 1 fully saturated rings. The van der Waals surface area contributed by atoms with Crippen molar-refractivity contribution in [1.29, 1.82) is 0 Å². The summed E-state index contributed by atoms with van der Waals surface area (Å²) >= 11 is 0. The third-order valence-electron chi connectivity index (χ3n) is 3.91. The van der Waals surface area contributed by atoms with Crippen LogP contribution in [0.5, 0.6) is 0 Å². The maximum atomic E-state index is 12.2. The Bertz CT molecular complexity index is 444. The zero-order chi connectivity index (χ0) is 13.8. The number of anilines is 1. The van der Waals surface area contributed by atoms with E-state index in [0.717, 1.165) is 37.8 Å². The summed E-state index contributed by atoms with van der Waals surface area (Å²) in [5.74, 6) is -0.109. The van der Waals surface area contributed by atoms with Crippen LogP contribution in [0.2, 0.25) is 0 Å². The van der Waals surface area contributed by atoms with Gasteiger partial charge in [-0.1, -0.05) is 19.8 Å². The lowest BCUT2D eigenvalue weighted by Gasteiger charge is -2.30. The Hall–Kier alpha value is -1.56. The Balaban J connectivity index is 2.05. The van der Waals surface area contributed by atoms with E-state index in [0.29, 0.717) is 5.69 Å². The van der Waals surface area contributed by atoms with Gasteiger partial charge in [0.15, 0.2) is 5.69 Å². The van der Waals surface area contributed by atoms with Gasteiger partial charge < -0.3 is 16.2 Å². The van der Waals surface area contributed by atoms with Crippen LogP contribution >= 0.6 is 0 Å². The number of aliphatic hydroxyl groups excluding tert-OH is 1. The van der Waals surface area contributed by atoms with Crippen LogP contribution in [0.1, 0.15) is 48.8 Å². The first kappa shape index (κ1) is 13.9. The number of nitrogens with one attached hydrogen (secondary N) is 2. The van der Waals surface area contributed by atoms with Crippen LogP contribution in [-0.2, 0) is 6.42 Å². The number of nitrogen functional groups attached to an aromatic ring is 1. The molecule has 1 aliphatic carbocycles. The van der Waals surface area contributed by atoms with Crippen LogP contribution in [0.25, 0.3) is 0 Å². The van der Waals surface area contributed by atoms with Crippen LogP contribution in [-0.4, -0.2) is 33.9 Å². The van der Waals surface area contributed by atoms with Crippen molar-refractivity contribution in [3.63, 3.8) is 0 Å². The number of aromatic nitrogens is 2. The molecule has 0 spiro atoms. The van der Waals surface area contributed by atoms with E-state index in [9.17, 15) is 9.90 Å². The molecule has 1 aliphatic rings. The quantitative estimate of drug-likeness (QED) is 0.648. The monoisotopic (exact) mass is 266 g/mol. The summed E-state index contributed by atoms with van der Waals surface area (Å²) in [4.78, 5) is 12.2. The minimum atomic E-state index is -0.251. The van der Waals surface area contributed by atoms with Gasteiger partial charge in [0, 0.05) is 18.6 Å². The third-order valence-corrected chi connectivity index (χ3v) is 3.91. The lowest BCUT2D eigenvalue weighted by Crippen LogP contribution is -2.43. The number of rotatable bonds is 4. The number of aliphatic hydroxyl groups is 1. The van der Waals surface area contributed by atoms with Gasteiger partial charge in [-0.05, 0) is 19.3 Å². The molecule has 1 aromatic rings. The van der Waals surface area contributed by atoms with E-state index in [-0.39, 0.29) is 30.2 Å². The first-order chi connectivity index (χ1) is 9.17. The van der Waals surface area contributed by atoms with Crippen molar-refractivity contribution < 1.29 is 9.90 Å². The van der Waals surface area contributed by atoms with E-state index in [1.807, 2.05) is 6.92 Å². The fraction of sp³-hybridized carbons (Fsp3) is 0.692. The number of nitrogens with zero attached hydrogens (tertiary/aromatic N) is 1. The van der Waals surface area contributed by atoms with Crippen molar-refractivity contribution in [3.8, 4) is 0 Å². The molecule has 6 nitrogen and oxygen atoms in total. The van der Waals surface area contributed by atoms with E-state index < -0.39 is 0 Å². The topological polar surface area (TPSA) is 104 Å². The predicted octanol–water partition coefficient (Wildman–Crippen LogP) is 0.835. The number of carbonyl (C=O) groups is 1. The smallest absolute Gasteiger partial charge is 0.274 e. The highest BCUT2D eigenvalue weighted by molar-refractivity contribution is 5.97. The van der Waals surface area contributed by atoms with Gasteiger partial charge in [-0.25, -0.2) is 0 Å². The normalized spacial score (nSPS) is 23.3. The summed E-state index contributed by atoms with van der Waals surface area (Å²) in [5, 5.41) is 19.1. The standard InChI is InChI=1S/C13H22N4O2/c1-2-9-11(14)12(17-16-9)13(19)15-10-6-4-3-5-8(10)7-18/h8,10,18H,2-7,14H2,1H3,(H,15,19)(H,16,17). The van der Waals surface area contributed by atoms with E-state index in [4.69, 9.17) is 5.73 Å². The summed E-state index contributed by atoms with van der Waals surface area (Å²) in [5.41, 5.74) is 7.36. The largest absolute Gasteiger partial charge is 0.396 e. The second-order valence-corrected chi connectivity index (χ2v) is 5.13. The fourth-order valence-electron chi connectivity index (χ4n) is 2.68. The summed E-state index contributed by atoms with van der Waals surface area (Å²) < 4.78 is 0. The van der Waals surface area contributed by atoms with Crippen LogP contribution in [0.4, 0.5) is 5.69 Å². The molecular formula is C13H22N4O2. The summed E-state index contributed by atoms with van der Waals surface area (Å²) in [6.07, 6.45) is 4.77. The molecule has 1 amide bonds. The van der Waals surface area contributed by atoms with Gasteiger partial charge >= 0.3 is 0 Å². The summed E-state index contributed by atoms with van der Waals surface area (Å²) in [7, 11) is 0. The molecule has 2 atom stereocenters. The molecule has 5 N–H and O–H groups in total. The number of nitrogens with two attached hydrogens (primary N) is 1. The van der Waals surface area contributed by atoms with Gasteiger partial charge in [0.2, 0.25) is 0 Å². The highest BCUT2D eigenvalue weighted by Gasteiger charge is 2.27. The third kappa shape index (κ3) is 2.89. The second kappa shape index (κ2) is 6.06. The lowest BCUT2D eigenvalue weighted by atomic mass is 9.85. The Morgan fingerprint density at radius 3 is 2.89 bits per heavy atom. The van der Waals surface area contributed by atoms with Gasteiger partial charge in [0.25, 0.3) is 5.91 Å². The molecule has 1 aromatic heterocycles. The molecule has 6 heteroatoms. The average Bonchev–Trinajstić information content (AvgIpc) is 2.80. The van der Waals surface area contributed by atoms with Crippen molar-refractivity contribution in [2.24, 2.45) is 5.92 Å². The van der Waals surface area contributed by atoms with Crippen molar-refractivity contribution in [2.45, 2.75) is 45.1 Å². The predicted molar refractivity (Wildman–Crippen MR) is 72.7 cm³/mol. The van der Waals surface area contributed by atoms with Crippen molar-refractivity contribution in [2.75, 3.05) is 12.3 Å². The van der Waals surface area contributed by atoms with Gasteiger partial charge in [0.05, 0.1) is 11.4 Å². The molecule has 19 heavy (non-hydrogen) atoms. The number of hydrogen-bond acceptors (Lipinski definition) is 4. The molecule has 0 aromatic carbocycles. The maximum Gasteiger partial charge on any atom is 0.274 e.